The van der Waals surface area contributed by atoms with Gasteiger partial charge >= 0.3 is 11.8 Å². The van der Waals surface area contributed by atoms with Gasteiger partial charge in [-0.1, -0.05) is 30.0 Å². The van der Waals surface area contributed by atoms with Gasteiger partial charge in [0, 0.05) is 31.7 Å². The average molecular weight is 286 g/mol. The van der Waals surface area contributed by atoms with Gasteiger partial charge in [0.05, 0.1) is 0 Å². The van der Waals surface area contributed by atoms with E-state index in [4.69, 9.17) is 5.11 Å². The van der Waals surface area contributed by atoms with Crippen molar-refractivity contribution in [3.05, 3.63) is 35.4 Å². The minimum atomic E-state index is -0.465. The minimum Gasteiger partial charge on any atom is -0.384 e. The van der Waals surface area contributed by atoms with Crippen LogP contribution in [-0.4, -0.2) is 53.0 Å². The SMILES string of the molecule is CCN1CCN(Cc2ccccc2C#CCO)C(=O)C1=O. The Morgan fingerprint density at radius 3 is 2.52 bits per heavy atom. The number of hydrogen-bond donors (Lipinski definition) is 1. The maximum atomic E-state index is 12.1. The standard InChI is InChI=1S/C16H18N2O3/c1-2-17-9-10-18(16(21)15(17)20)12-14-7-4-3-6-13(14)8-5-11-19/h3-4,6-7,19H,2,9-12H2,1H3. The molecule has 1 heterocycles. The Morgan fingerprint density at radius 2 is 1.81 bits per heavy atom. The molecule has 0 atom stereocenters. The fourth-order valence-electron chi connectivity index (χ4n) is 2.29. The third kappa shape index (κ3) is 3.41. The fourth-order valence-corrected chi connectivity index (χ4v) is 2.29. The highest BCUT2D eigenvalue weighted by Gasteiger charge is 2.31. The van der Waals surface area contributed by atoms with Gasteiger partial charge in [0.25, 0.3) is 0 Å². The third-order valence-corrected chi connectivity index (χ3v) is 3.46. The lowest BCUT2D eigenvalue weighted by Crippen LogP contribution is -2.53. The molecule has 1 aliphatic heterocycles. The van der Waals surface area contributed by atoms with Crippen LogP contribution in [0.3, 0.4) is 0 Å². The van der Waals surface area contributed by atoms with E-state index in [1.807, 2.05) is 31.2 Å². The zero-order chi connectivity index (χ0) is 15.2. The zero-order valence-electron chi connectivity index (χ0n) is 12.0. The van der Waals surface area contributed by atoms with E-state index in [1.165, 1.54) is 0 Å². The van der Waals surface area contributed by atoms with Crippen molar-refractivity contribution in [1.29, 1.82) is 0 Å². The molecule has 0 aliphatic carbocycles. The minimum absolute atomic E-state index is 0.207. The van der Waals surface area contributed by atoms with Gasteiger partial charge in [-0.15, -0.1) is 0 Å². The largest absolute Gasteiger partial charge is 0.384 e. The van der Waals surface area contributed by atoms with Crippen molar-refractivity contribution in [1.82, 2.24) is 9.80 Å². The lowest BCUT2D eigenvalue weighted by atomic mass is 10.1. The smallest absolute Gasteiger partial charge is 0.312 e. The number of aliphatic hydroxyl groups excluding tert-OH is 1. The monoisotopic (exact) mass is 286 g/mol. The number of rotatable bonds is 3. The van der Waals surface area contributed by atoms with Gasteiger partial charge in [0.2, 0.25) is 0 Å². The highest BCUT2D eigenvalue weighted by molar-refractivity contribution is 6.35. The topological polar surface area (TPSA) is 60.9 Å². The molecule has 0 radical (unpaired) electrons. The normalized spacial score (nSPS) is 15.0. The number of piperazine rings is 1. The van der Waals surface area contributed by atoms with Crippen LogP contribution in [0.4, 0.5) is 0 Å². The molecule has 2 rings (SSSR count). The number of benzene rings is 1. The Hall–Kier alpha value is -2.32. The van der Waals surface area contributed by atoms with Crippen molar-refractivity contribution in [2.45, 2.75) is 13.5 Å². The molecule has 2 amide bonds. The Labute approximate surface area is 124 Å². The molecular formula is C16H18N2O3. The molecule has 0 aromatic heterocycles. The molecule has 1 saturated heterocycles. The number of carbonyl (C=O) groups excluding carboxylic acids is 2. The van der Waals surface area contributed by atoms with Crippen LogP contribution in [0.5, 0.6) is 0 Å². The second kappa shape index (κ2) is 6.91. The summed E-state index contributed by atoms with van der Waals surface area (Å²) in [7, 11) is 0. The summed E-state index contributed by atoms with van der Waals surface area (Å²) < 4.78 is 0. The summed E-state index contributed by atoms with van der Waals surface area (Å²) in [5.74, 6) is 4.56. The number of aliphatic hydroxyl groups is 1. The van der Waals surface area contributed by atoms with E-state index in [-0.39, 0.29) is 6.61 Å². The van der Waals surface area contributed by atoms with Crippen molar-refractivity contribution in [2.24, 2.45) is 0 Å². The Morgan fingerprint density at radius 1 is 1.14 bits per heavy atom. The summed E-state index contributed by atoms with van der Waals surface area (Å²) in [5.41, 5.74) is 1.65. The number of likely N-dealkylation sites (N-methyl/N-ethyl adjacent to an activating group) is 1. The highest BCUT2D eigenvalue weighted by atomic mass is 16.2. The van der Waals surface area contributed by atoms with Crippen molar-refractivity contribution >= 4 is 11.8 Å². The van der Waals surface area contributed by atoms with Crippen LogP contribution < -0.4 is 0 Å². The van der Waals surface area contributed by atoms with Gasteiger partial charge < -0.3 is 14.9 Å². The van der Waals surface area contributed by atoms with Crippen molar-refractivity contribution in [2.75, 3.05) is 26.2 Å². The molecule has 1 aliphatic rings. The van der Waals surface area contributed by atoms with Crippen LogP contribution >= 0.6 is 0 Å². The van der Waals surface area contributed by atoms with Crippen molar-refractivity contribution < 1.29 is 14.7 Å². The molecule has 1 aromatic carbocycles. The van der Waals surface area contributed by atoms with Crippen LogP contribution in [0.25, 0.3) is 0 Å². The van der Waals surface area contributed by atoms with E-state index in [0.29, 0.717) is 26.2 Å². The number of nitrogens with zero attached hydrogens (tertiary/aromatic N) is 2. The maximum absolute atomic E-state index is 12.1. The van der Waals surface area contributed by atoms with Gasteiger partial charge in [-0.25, -0.2) is 0 Å². The third-order valence-electron chi connectivity index (χ3n) is 3.46. The van der Waals surface area contributed by atoms with Crippen molar-refractivity contribution in [3.8, 4) is 11.8 Å². The van der Waals surface area contributed by atoms with E-state index >= 15 is 0 Å². The molecule has 110 valence electrons. The summed E-state index contributed by atoms with van der Waals surface area (Å²) in [6, 6.07) is 7.44. The van der Waals surface area contributed by atoms with Gasteiger partial charge in [-0.3, -0.25) is 9.59 Å². The average Bonchev–Trinajstić information content (AvgIpc) is 2.51. The van der Waals surface area contributed by atoms with Crippen LogP contribution in [0.15, 0.2) is 24.3 Å². The molecule has 1 aromatic rings. The van der Waals surface area contributed by atoms with E-state index in [0.717, 1.165) is 11.1 Å². The molecule has 21 heavy (non-hydrogen) atoms. The summed E-state index contributed by atoms with van der Waals surface area (Å²) in [4.78, 5) is 27.1. The number of carbonyl (C=O) groups is 2. The Balaban J connectivity index is 2.16. The van der Waals surface area contributed by atoms with Crippen molar-refractivity contribution in [3.63, 3.8) is 0 Å². The molecule has 1 N–H and O–H groups in total. The second-order valence-corrected chi connectivity index (χ2v) is 4.73. The molecular weight excluding hydrogens is 268 g/mol. The molecule has 1 fully saturated rings. The fraction of sp³-hybridized carbons (Fsp3) is 0.375. The first-order valence-corrected chi connectivity index (χ1v) is 6.93. The summed E-state index contributed by atoms with van der Waals surface area (Å²) >= 11 is 0. The summed E-state index contributed by atoms with van der Waals surface area (Å²) in [6.07, 6.45) is 0. The summed E-state index contributed by atoms with van der Waals surface area (Å²) in [6.45, 7) is 3.66. The van der Waals surface area contributed by atoms with Crippen LogP contribution in [0.2, 0.25) is 0 Å². The first kappa shape index (κ1) is 15.1. The lowest BCUT2D eigenvalue weighted by Gasteiger charge is -2.33. The molecule has 5 nitrogen and oxygen atoms in total. The predicted octanol–water partition coefficient (Wildman–Crippen LogP) is 0.221. The van der Waals surface area contributed by atoms with Crippen LogP contribution in [0.1, 0.15) is 18.1 Å². The number of amides is 2. The molecule has 0 bridgehead atoms. The van der Waals surface area contributed by atoms with E-state index in [9.17, 15) is 9.59 Å². The second-order valence-electron chi connectivity index (χ2n) is 4.73. The van der Waals surface area contributed by atoms with E-state index in [1.54, 1.807) is 9.80 Å². The van der Waals surface area contributed by atoms with E-state index < -0.39 is 11.8 Å². The zero-order valence-corrected chi connectivity index (χ0v) is 12.0. The number of hydrogen-bond acceptors (Lipinski definition) is 3. The molecule has 5 heteroatoms. The van der Waals surface area contributed by atoms with Gasteiger partial charge in [-0.2, -0.15) is 0 Å². The van der Waals surface area contributed by atoms with Gasteiger partial charge in [0.15, 0.2) is 0 Å². The molecule has 0 spiro atoms. The first-order valence-electron chi connectivity index (χ1n) is 6.93. The van der Waals surface area contributed by atoms with Gasteiger partial charge in [0.1, 0.15) is 6.61 Å². The highest BCUT2D eigenvalue weighted by Crippen LogP contribution is 2.14. The summed E-state index contributed by atoms with van der Waals surface area (Å²) in [5, 5.41) is 8.78. The quantitative estimate of drug-likeness (QED) is 0.639. The first-order chi connectivity index (χ1) is 10.2. The van der Waals surface area contributed by atoms with Crippen LogP contribution in [0, 0.1) is 11.8 Å². The van der Waals surface area contributed by atoms with Crippen LogP contribution in [-0.2, 0) is 16.1 Å². The Bertz CT molecular complexity index is 601. The van der Waals surface area contributed by atoms with Gasteiger partial charge in [-0.05, 0) is 18.6 Å². The predicted molar refractivity (Wildman–Crippen MR) is 78.1 cm³/mol. The maximum Gasteiger partial charge on any atom is 0.312 e. The van der Waals surface area contributed by atoms with E-state index in [2.05, 4.69) is 11.8 Å². The lowest BCUT2D eigenvalue weighted by molar-refractivity contribution is -0.156. The molecule has 0 unspecified atom stereocenters. The Kier molecular flexibility index (Phi) is 4.96. The molecule has 0 saturated carbocycles.